The second kappa shape index (κ2) is 7.31. The number of halogens is 2. The summed E-state index contributed by atoms with van der Waals surface area (Å²) >= 11 is 6.83. The van der Waals surface area contributed by atoms with E-state index in [0.29, 0.717) is 9.92 Å². The fourth-order valence-corrected chi connectivity index (χ4v) is 3.08. The minimum atomic E-state index is -1.76. The zero-order valence-electron chi connectivity index (χ0n) is 10.7. The van der Waals surface area contributed by atoms with Crippen LogP contribution in [0, 0.1) is 0 Å². The van der Waals surface area contributed by atoms with Gasteiger partial charge in [-0.3, -0.25) is 0 Å². The number of alkyl halides is 1. The predicted octanol–water partition coefficient (Wildman–Crippen LogP) is 2.53. The fourth-order valence-electron chi connectivity index (χ4n) is 1.91. The average molecular weight is 334 g/mol. The highest BCUT2D eigenvalue weighted by Crippen LogP contribution is 2.35. The number of benzene rings is 1. The molecule has 1 heterocycles. The molecule has 5 atom stereocenters. The zero-order valence-corrected chi connectivity index (χ0v) is 12.3. The van der Waals surface area contributed by atoms with Crippen molar-refractivity contribution in [2.24, 2.45) is 5.11 Å². The Morgan fingerprint density at radius 3 is 2.62 bits per heavy atom. The van der Waals surface area contributed by atoms with Crippen LogP contribution >= 0.6 is 23.4 Å². The van der Waals surface area contributed by atoms with E-state index in [9.17, 15) is 14.6 Å². The highest BCUT2D eigenvalue weighted by atomic mass is 35.5. The van der Waals surface area contributed by atoms with E-state index in [-0.39, 0.29) is 6.54 Å². The van der Waals surface area contributed by atoms with Crippen molar-refractivity contribution < 1.29 is 19.3 Å². The predicted molar refractivity (Wildman–Crippen MR) is 76.9 cm³/mol. The molecule has 1 aromatic carbocycles. The van der Waals surface area contributed by atoms with E-state index in [1.165, 1.54) is 0 Å². The third-order valence-electron chi connectivity index (χ3n) is 3.02. The first kappa shape index (κ1) is 16.4. The van der Waals surface area contributed by atoms with Crippen LogP contribution in [0.3, 0.4) is 0 Å². The van der Waals surface area contributed by atoms with Crippen LogP contribution in [0.15, 0.2) is 34.3 Å². The van der Waals surface area contributed by atoms with Crippen LogP contribution in [0.5, 0.6) is 0 Å². The third kappa shape index (κ3) is 4.00. The molecule has 0 aliphatic carbocycles. The Kier molecular flexibility index (Phi) is 5.69. The third-order valence-corrected chi connectivity index (χ3v) is 4.42. The molecule has 21 heavy (non-hydrogen) atoms. The van der Waals surface area contributed by atoms with Gasteiger partial charge in [0, 0.05) is 14.8 Å². The molecule has 9 heteroatoms. The number of hydrogen-bond acceptors (Lipinski definition) is 5. The summed E-state index contributed by atoms with van der Waals surface area (Å²) in [6.07, 6.45) is -5.74. The molecule has 0 bridgehead atoms. The van der Waals surface area contributed by atoms with Crippen molar-refractivity contribution in [1.82, 2.24) is 0 Å². The van der Waals surface area contributed by atoms with Gasteiger partial charge in [0.2, 0.25) is 0 Å². The highest BCUT2D eigenvalue weighted by molar-refractivity contribution is 7.99. The maximum Gasteiger partial charge on any atom is 0.164 e. The Morgan fingerprint density at radius 1 is 1.33 bits per heavy atom. The molecule has 2 rings (SSSR count). The van der Waals surface area contributed by atoms with Gasteiger partial charge < -0.3 is 14.9 Å². The molecule has 1 saturated heterocycles. The molecule has 0 amide bonds. The zero-order chi connectivity index (χ0) is 15.4. The van der Waals surface area contributed by atoms with E-state index in [1.807, 2.05) is 0 Å². The molecule has 2 N–H and O–H groups in total. The summed E-state index contributed by atoms with van der Waals surface area (Å²) < 4.78 is 19.5. The highest BCUT2D eigenvalue weighted by Gasteiger charge is 2.44. The fraction of sp³-hybridized carbons (Fsp3) is 0.500. The molecule has 1 fully saturated rings. The van der Waals surface area contributed by atoms with Gasteiger partial charge in [0.05, 0.1) is 12.6 Å². The molecule has 6 nitrogen and oxygen atoms in total. The van der Waals surface area contributed by atoms with Crippen LogP contribution < -0.4 is 0 Å². The molecule has 0 radical (unpaired) electrons. The van der Waals surface area contributed by atoms with Gasteiger partial charge in [0.1, 0.15) is 17.6 Å². The Hall–Kier alpha value is -1.02. The minimum Gasteiger partial charge on any atom is -0.388 e. The van der Waals surface area contributed by atoms with Crippen LogP contribution in [0.1, 0.15) is 0 Å². The number of aliphatic hydroxyl groups is 2. The lowest BCUT2D eigenvalue weighted by Crippen LogP contribution is -2.55. The first-order valence-electron chi connectivity index (χ1n) is 6.11. The van der Waals surface area contributed by atoms with Crippen LogP contribution in [-0.4, -0.2) is 46.7 Å². The van der Waals surface area contributed by atoms with Gasteiger partial charge in [-0.05, 0) is 29.8 Å². The number of thioether (sulfide) groups is 1. The standard InChI is InChI=1S/C12H13ClFN3O3S/c13-6-1-3-7(4-2-6)21-12-9(14)11(19)10(18)8(20-12)5-16-17-15/h1-4,8-12,18-19H,5H2/t8-,9-,10-,11-,12+/m1/s1. The molecule has 0 unspecified atom stereocenters. The SMILES string of the molecule is [N-]=[N+]=NC[C@H]1O[C@@H](Sc2ccc(Cl)cc2)[C@H](F)[C@@H](O)[C@@H]1O. The number of hydrogen-bond donors (Lipinski definition) is 2. The van der Waals surface area contributed by atoms with Crippen molar-refractivity contribution in [3.63, 3.8) is 0 Å². The summed E-state index contributed by atoms with van der Waals surface area (Å²) in [7, 11) is 0. The molecular weight excluding hydrogens is 321 g/mol. The lowest BCUT2D eigenvalue weighted by Gasteiger charge is -2.38. The topological polar surface area (TPSA) is 98.5 Å². The van der Waals surface area contributed by atoms with Crippen LogP contribution in [0.25, 0.3) is 10.4 Å². The summed E-state index contributed by atoms with van der Waals surface area (Å²) in [6.45, 7) is -0.181. The summed E-state index contributed by atoms with van der Waals surface area (Å²) in [5.74, 6) is 0. The average Bonchev–Trinajstić information content (AvgIpc) is 2.49. The first-order chi connectivity index (χ1) is 10.0. The summed E-state index contributed by atoms with van der Waals surface area (Å²) in [5.41, 5.74) is 7.28. The Morgan fingerprint density at radius 2 is 2.00 bits per heavy atom. The van der Waals surface area contributed by atoms with Crippen LogP contribution in [-0.2, 0) is 4.74 Å². The van der Waals surface area contributed by atoms with Gasteiger partial charge >= 0.3 is 0 Å². The first-order valence-corrected chi connectivity index (χ1v) is 7.37. The molecule has 0 aromatic heterocycles. The van der Waals surface area contributed by atoms with Crippen molar-refractivity contribution in [3.8, 4) is 0 Å². The van der Waals surface area contributed by atoms with E-state index in [0.717, 1.165) is 11.8 Å². The van der Waals surface area contributed by atoms with Crippen molar-refractivity contribution in [2.75, 3.05) is 6.54 Å². The van der Waals surface area contributed by atoms with Gasteiger partial charge in [-0.15, -0.1) is 0 Å². The van der Waals surface area contributed by atoms with E-state index in [1.54, 1.807) is 24.3 Å². The van der Waals surface area contributed by atoms with Gasteiger partial charge in [-0.2, -0.15) is 0 Å². The maximum absolute atomic E-state index is 14.1. The number of azide groups is 1. The van der Waals surface area contributed by atoms with Crippen molar-refractivity contribution >= 4 is 23.4 Å². The van der Waals surface area contributed by atoms with E-state index in [2.05, 4.69) is 10.0 Å². The Bertz CT molecular complexity index is 529. The van der Waals surface area contributed by atoms with Crippen molar-refractivity contribution in [2.45, 2.75) is 34.8 Å². The van der Waals surface area contributed by atoms with Crippen molar-refractivity contribution in [1.29, 1.82) is 0 Å². The molecule has 114 valence electrons. The molecule has 1 aliphatic heterocycles. The lowest BCUT2D eigenvalue weighted by atomic mass is 10.0. The number of aliphatic hydroxyl groups excluding tert-OH is 2. The molecule has 1 aliphatic rings. The van der Waals surface area contributed by atoms with Crippen LogP contribution in [0.2, 0.25) is 5.02 Å². The van der Waals surface area contributed by atoms with Gasteiger partial charge in [0.15, 0.2) is 6.17 Å². The molecule has 0 saturated carbocycles. The Balaban J connectivity index is 2.09. The second-order valence-electron chi connectivity index (χ2n) is 4.45. The van der Waals surface area contributed by atoms with Crippen molar-refractivity contribution in [3.05, 3.63) is 39.7 Å². The van der Waals surface area contributed by atoms with Gasteiger partial charge in [0.25, 0.3) is 0 Å². The summed E-state index contributed by atoms with van der Waals surface area (Å²) in [5, 5.41) is 23.3. The number of rotatable bonds is 4. The molecular formula is C12H13ClFN3O3S. The van der Waals surface area contributed by atoms with Crippen LogP contribution in [0.4, 0.5) is 4.39 Å². The summed E-state index contributed by atoms with van der Waals surface area (Å²) in [4.78, 5) is 3.27. The number of nitrogens with zero attached hydrogens (tertiary/aromatic N) is 3. The second-order valence-corrected chi connectivity index (χ2v) is 6.06. The quantitative estimate of drug-likeness (QED) is 0.502. The van der Waals surface area contributed by atoms with Gasteiger partial charge in [-0.1, -0.05) is 28.5 Å². The smallest absolute Gasteiger partial charge is 0.164 e. The van der Waals surface area contributed by atoms with E-state index < -0.39 is 29.9 Å². The van der Waals surface area contributed by atoms with Gasteiger partial charge in [-0.25, -0.2) is 4.39 Å². The Labute approximate surface area is 129 Å². The lowest BCUT2D eigenvalue weighted by molar-refractivity contribution is -0.175. The minimum absolute atomic E-state index is 0.181. The number of ether oxygens (including phenoxy) is 1. The maximum atomic E-state index is 14.1. The summed E-state index contributed by atoms with van der Waals surface area (Å²) in [6, 6.07) is 6.71. The van der Waals surface area contributed by atoms with E-state index >= 15 is 0 Å². The molecule has 0 spiro atoms. The van der Waals surface area contributed by atoms with E-state index in [4.69, 9.17) is 21.9 Å². The monoisotopic (exact) mass is 333 g/mol. The largest absolute Gasteiger partial charge is 0.388 e. The normalized spacial score (nSPS) is 32.5. The molecule has 1 aromatic rings.